The highest BCUT2D eigenvalue weighted by Crippen LogP contribution is 2.33. The zero-order valence-corrected chi connectivity index (χ0v) is 22.6. The minimum Gasteiger partial charge on any atom is -0.489 e. The van der Waals surface area contributed by atoms with E-state index in [-0.39, 0.29) is 42.1 Å². The number of amides is 1. The van der Waals surface area contributed by atoms with Gasteiger partial charge >= 0.3 is 0 Å². The molecule has 1 fully saturated rings. The zero-order chi connectivity index (χ0) is 27.4. The van der Waals surface area contributed by atoms with Crippen molar-refractivity contribution in [2.75, 3.05) is 31.6 Å². The Morgan fingerprint density at radius 3 is 2.46 bits per heavy atom. The molecule has 1 aliphatic rings. The van der Waals surface area contributed by atoms with E-state index < -0.39 is 15.9 Å². The molecule has 9 nitrogen and oxygen atoms in total. The Hall–Kier alpha value is -3.86. The predicted molar refractivity (Wildman–Crippen MR) is 147 cm³/mol. The molecule has 2 heterocycles. The lowest BCUT2D eigenvalue weighted by molar-refractivity contribution is 0.0730. The van der Waals surface area contributed by atoms with E-state index in [1.165, 1.54) is 16.4 Å². The highest BCUT2D eigenvalue weighted by Gasteiger charge is 2.28. The fourth-order valence-corrected chi connectivity index (χ4v) is 5.77. The van der Waals surface area contributed by atoms with Crippen molar-refractivity contribution >= 4 is 32.6 Å². The van der Waals surface area contributed by atoms with Crippen LogP contribution >= 0.6 is 0 Å². The average Bonchev–Trinajstić information content (AvgIpc) is 3.32. The molecular weight excluding hydrogens is 520 g/mol. The molecule has 204 valence electrons. The number of benzene rings is 3. The number of morpholine rings is 1. The molecule has 3 aromatic carbocycles. The number of anilines is 1. The third-order valence-corrected chi connectivity index (χ3v) is 8.10. The Balaban J connectivity index is 1.48. The summed E-state index contributed by atoms with van der Waals surface area (Å²) in [6, 6.07) is 21.1. The maximum atomic E-state index is 13.6. The Bertz CT molecular complexity index is 1560. The lowest BCUT2D eigenvalue weighted by atomic mass is 10.1. The molecule has 4 aromatic rings. The number of fused-ring (bicyclic) bond motifs is 1. The van der Waals surface area contributed by atoms with Crippen LogP contribution in [-0.4, -0.2) is 51.0 Å². The maximum absolute atomic E-state index is 13.6. The summed E-state index contributed by atoms with van der Waals surface area (Å²) in [5, 5.41) is 3.58. The standard InChI is InChI=1S/C29H30N2O7S/c1-20(2)37-27-13-12-22(39(33,34)31-14-16-35-17-15-31)18-25(27)30-29(32)28-24(19-36-21-8-4-3-5-9-21)23-10-6-7-11-26(23)38-28/h3-13,18,20H,14-17,19H2,1-2H3,(H,30,32). The van der Waals surface area contributed by atoms with Gasteiger partial charge in [0.15, 0.2) is 5.76 Å². The quantitative estimate of drug-likeness (QED) is 0.310. The van der Waals surface area contributed by atoms with E-state index in [0.29, 0.717) is 35.9 Å². The van der Waals surface area contributed by atoms with Crippen molar-refractivity contribution in [3.05, 3.63) is 84.1 Å². The summed E-state index contributed by atoms with van der Waals surface area (Å²) in [7, 11) is -3.80. The van der Waals surface area contributed by atoms with Crippen molar-refractivity contribution in [3.63, 3.8) is 0 Å². The van der Waals surface area contributed by atoms with Gasteiger partial charge in [-0.15, -0.1) is 0 Å². The SMILES string of the molecule is CC(C)Oc1ccc(S(=O)(=O)N2CCOCC2)cc1NC(=O)c1oc2ccccc2c1COc1ccccc1. The lowest BCUT2D eigenvalue weighted by Crippen LogP contribution is -2.40. The molecule has 10 heteroatoms. The summed E-state index contributed by atoms with van der Waals surface area (Å²) in [5.41, 5.74) is 1.34. The first-order chi connectivity index (χ1) is 18.8. The third-order valence-electron chi connectivity index (χ3n) is 6.20. The van der Waals surface area contributed by atoms with Gasteiger partial charge in [-0.25, -0.2) is 8.42 Å². The minimum absolute atomic E-state index is 0.0491. The first kappa shape index (κ1) is 26.7. The van der Waals surface area contributed by atoms with Crippen LogP contribution in [0.15, 0.2) is 82.1 Å². The second-order valence-electron chi connectivity index (χ2n) is 9.30. The minimum atomic E-state index is -3.80. The number of hydrogen-bond acceptors (Lipinski definition) is 7. The summed E-state index contributed by atoms with van der Waals surface area (Å²) < 4.78 is 51.1. The van der Waals surface area contributed by atoms with Gasteiger partial charge in [-0.3, -0.25) is 4.79 Å². The summed E-state index contributed by atoms with van der Waals surface area (Å²) in [6.45, 7) is 4.99. The molecule has 5 rings (SSSR count). The van der Waals surface area contributed by atoms with Crippen LogP contribution in [0.5, 0.6) is 11.5 Å². The summed E-state index contributed by atoms with van der Waals surface area (Å²) in [4.78, 5) is 13.7. The Labute approximate surface area is 227 Å². The molecule has 0 aliphatic carbocycles. The van der Waals surface area contributed by atoms with Gasteiger partial charge < -0.3 is 23.9 Å². The van der Waals surface area contributed by atoms with Crippen molar-refractivity contribution in [2.24, 2.45) is 0 Å². The van der Waals surface area contributed by atoms with E-state index in [0.717, 1.165) is 5.39 Å². The van der Waals surface area contributed by atoms with Crippen LogP contribution in [0.4, 0.5) is 5.69 Å². The number of carbonyl (C=O) groups excluding carboxylic acids is 1. The zero-order valence-electron chi connectivity index (χ0n) is 21.8. The second kappa shape index (κ2) is 11.5. The summed E-state index contributed by atoms with van der Waals surface area (Å²) >= 11 is 0. The van der Waals surface area contributed by atoms with Crippen LogP contribution in [0, 0.1) is 0 Å². The number of rotatable bonds is 9. The van der Waals surface area contributed by atoms with Gasteiger partial charge in [0.2, 0.25) is 10.0 Å². The van der Waals surface area contributed by atoms with Crippen molar-refractivity contribution in [2.45, 2.75) is 31.5 Å². The highest BCUT2D eigenvalue weighted by molar-refractivity contribution is 7.89. The van der Waals surface area contributed by atoms with E-state index in [1.807, 2.05) is 62.4 Å². The molecule has 0 atom stereocenters. The van der Waals surface area contributed by atoms with E-state index in [1.54, 1.807) is 12.1 Å². The van der Waals surface area contributed by atoms with Crippen LogP contribution in [0.25, 0.3) is 11.0 Å². The predicted octanol–water partition coefficient (Wildman–Crippen LogP) is 5.07. The smallest absolute Gasteiger partial charge is 0.291 e. The van der Waals surface area contributed by atoms with E-state index in [2.05, 4.69) is 5.32 Å². The normalized spacial score (nSPS) is 14.4. The van der Waals surface area contributed by atoms with Crippen molar-refractivity contribution in [1.29, 1.82) is 0 Å². The number of nitrogens with one attached hydrogen (secondary N) is 1. The van der Waals surface area contributed by atoms with Gasteiger partial charge in [-0.1, -0.05) is 36.4 Å². The van der Waals surface area contributed by atoms with Gasteiger partial charge in [0.1, 0.15) is 23.7 Å². The Morgan fingerprint density at radius 2 is 1.72 bits per heavy atom. The molecule has 1 amide bonds. The molecule has 1 saturated heterocycles. The van der Waals surface area contributed by atoms with Crippen LogP contribution in [0.2, 0.25) is 0 Å². The molecule has 1 N–H and O–H groups in total. The number of ether oxygens (including phenoxy) is 3. The molecule has 0 unspecified atom stereocenters. The number of nitrogens with zero attached hydrogens (tertiary/aromatic N) is 1. The third kappa shape index (κ3) is 5.93. The fourth-order valence-electron chi connectivity index (χ4n) is 4.34. The van der Waals surface area contributed by atoms with Gasteiger partial charge in [-0.2, -0.15) is 4.31 Å². The monoisotopic (exact) mass is 550 g/mol. The summed E-state index contributed by atoms with van der Waals surface area (Å²) in [5.74, 6) is 0.525. The van der Waals surface area contributed by atoms with Crippen molar-refractivity contribution in [1.82, 2.24) is 4.31 Å². The fraction of sp³-hybridized carbons (Fsp3) is 0.276. The van der Waals surface area contributed by atoms with Crippen LogP contribution < -0.4 is 14.8 Å². The first-order valence-electron chi connectivity index (χ1n) is 12.7. The van der Waals surface area contributed by atoms with Gasteiger partial charge in [0, 0.05) is 24.0 Å². The Kier molecular flexibility index (Phi) is 7.87. The van der Waals surface area contributed by atoms with E-state index in [4.69, 9.17) is 18.6 Å². The van der Waals surface area contributed by atoms with E-state index in [9.17, 15) is 13.2 Å². The molecule has 0 saturated carbocycles. The molecule has 1 aliphatic heterocycles. The maximum Gasteiger partial charge on any atom is 0.291 e. The van der Waals surface area contributed by atoms with Gasteiger partial charge in [0.05, 0.1) is 29.9 Å². The number of sulfonamides is 1. The molecule has 0 bridgehead atoms. The largest absolute Gasteiger partial charge is 0.489 e. The Morgan fingerprint density at radius 1 is 1.00 bits per heavy atom. The molecular formula is C29H30N2O7S. The van der Waals surface area contributed by atoms with Crippen LogP contribution in [-0.2, 0) is 21.4 Å². The van der Waals surface area contributed by atoms with Crippen molar-refractivity contribution in [3.8, 4) is 11.5 Å². The average molecular weight is 551 g/mol. The van der Waals surface area contributed by atoms with Gasteiger partial charge in [-0.05, 0) is 50.2 Å². The number of carbonyl (C=O) groups is 1. The van der Waals surface area contributed by atoms with Crippen LogP contribution in [0.3, 0.4) is 0 Å². The lowest BCUT2D eigenvalue weighted by Gasteiger charge is -2.26. The molecule has 39 heavy (non-hydrogen) atoms. The number of para-hydroxylation sites is 2. The summed E-state index contributed by atoms with van der Waals surface area (Å²) in [6.07, 6.45) is -0.205. The van der Waals surface area contributed by atoms with Gasteiger partial charge in [0.25, 0.3) is 5.91 Å². The molecule has 0 radical (unpaired) electrons. The molecule has 0 spiro atoms. The van der Waals surface area contributed by atoms with Crippen molar-refractivity contribution < 1.29 is 31.8 Å². The van der Waals surface area contributed by atoms with Crippen LogP contribution in [0.1, 0.15) is 30.0 Å². The van der Waals surface area contributed by atoms with E-state index >= 15 is 0 Å². The topological polar surface area (TPSA) is 107 Å². The number of furan rings is 1. The first-order valence-corrected chi connectivity index (χ1v) is 14.1. The second-order valence-corrected chi connectivity index (χ2v) is 11.2. The highest BCUT2D eigenvalue weighted by atomic mass is 32.2. The number of hydrogen-bond donors (Lipinski definition) is 1. The molecule has 1 aromatic heterocycles.